The summed E-state index contributed by atoms with van der Waals surface area (Å²) in [6.45, 7) is 5.79. The van der Waals surface area contributed by atoms with E-state index in [-0.39, 0.29) is 49.0 Å². The van der Waals surface area contributed by atoms with Crippen molar-refractivity contribution in [1.82, 2.24) is 10.6 Å². The summed E-state index contributed by atoms with van der Waals surface area (Å²) in [6, 6.07) is 3.84. The molecule has 24 heavy (non-hydrogen) atoms. The van der Waals surface area contributed by atoms with Gasteiger partial charge >= 0.3 is 0 Å². The van der Waals surface area contributed by atoms with Crippen molar-refractivity contribution in [3.63, 3.8) is 0 Å². The van der Waals surface area contributed by atoms with Crippen LogP contribution in [0.2, 0.25) is 0 Å². The van der Waals surface area contributed by atoms with Gasteiger partial charge in [0.15, 0.2) is 11.6 Å². The zero-order chi connectivity index (χ0) is 17.4. The molecule has 4 N–H and O–H groups in total. The minimum atomic E-state index is -0.650. The predicted octanol–water partition coefficient (Wildman–Crippen LogP) is 1.36. The summed E-state index contributed by atoms with van der Waals surface area (Å²) < 4.78 is 18.8. The summed E-state index contributed by atoms with van der Waals surface area (Å²) in [5, 5.41) is 5.07. The lowest BCUT2D eigenvalue weighted by Crippen LogP contribution is -2.47. The molecule has 1 aromatic rings. The van der Waals surface area contributed by atoms with Gasteiger partial charge in [0.1, 0.15) is 0 Å². The Labute approximate surface area is 147 Å². The van der Waals surface area contributed by atoms with E-state index >= 15 is 0 Å². The molecule has 1 rings (SSSR count). The largest absolute Gasteiger partial charge is 0.491 e. The van der Waals surface area contributed by atoms with Crippen LogP contribution in [0.5, 0.6) is 5.75 Å². The van der Waals surface area contributed by atoms with Crippen LogP contribution < -0.4 is 21.1 Å². The lowest BCUT2D eigenvalue weighted by Gasteiger charge is -2.15. The topological polar surface area (TPSA) is 93.5 Å². The number of carbonyl (C=O) groups excluding carboxylic acids is 2. The van der Waals surface area contributed by atoms with Gasteiger partial charge in [0.05, 0.1) is 19.2 Å². The second-order valence-electron chi connectivity index (χ2n) is 5.46. The molecule has 2 amide bonds. The third-order valence-electron chi connectivity index (χ3n) is 3.23. The number of ether oxygens (including phenoxy) is 1. The molecule has 8 heteroatoms. The van der Waals surface area contributed by atoms with Crippen LogP contribution in [0.3, 0.4) is 0 Å². The third-order valence-corrected chi connectivity index (χ3v) is 3.23. The molecule has 6 nitrogen and oxygen atoms in total. The minimum absolute atomic E-state index is 0. The van der Waals surface area contributed by atoms with Gasteiger partial charge in [-0.05, 0) is 30.5 Å². The molecule has 1 aromatic carbocycles. The first kappa shape index (κ1) is 22.1. The quantitative estimate of drug-likeness (QED) is 0.651. The van der Waals surface area contributed by atoms with E-state index in [2.05, 4.69) is 10.6 Å². The molecule has 0 spiro atoms. The Kier molecular flexibility index (Phi) is 9.99. The molecule has 0 aliphatic rings. The average molecular weight is 362 g/mol. The van der Waals surface area contributed by atoms with Crippen molar-refractivity contribution in [3.05, 3.63) is 29.6 Å². The van der Waals surface area contributed by atoms with E-state index in [1.807, 2.05) is 13.8 Å². The first-order chi connectivity index (χ1) is 10.8. The minimum Gasteiger partial charge on any atom is -0.491 e. The van der Waals surface area contributed by atoms with Gasteiger partial charge in [-0.15, -0.1) is 12.4 Å². The molecule has 0 bridgehead atoms. The van der Waals surface area contributed by atoms with Crippen molar-refractivity contribution in [2.45, 2.75) is 33.4 Å². The zero-order valence-electron chi connectivity index (χ0n) is 14.1. The van der Waals surface area contributed by atoms with Gasteiger partial charge in [-0.2, -0.15) is 0 Å². The molecule has 0 saturated carbocycles. The highest BCUT2D eigenvalue weighted by Gasteiger charge is 2.17. The fourth-order valence-electron chi connectivity index (χ4n) is 1.78. The molecule has 0 aromatic heterocycles. The molecule has 0 heterocycles. The number of carbonyl (C=O) groups is 2. The number of hydrogen-bond acceptors (Lipinski definition) is 4. The average Bonchev–Trinajstić information content (AvgIpc) is 2.52. The van der Waals surface area contributed by atoms with Crippen LogP contribution in [0.25, 0.3) is 0 Å². The third kappa shape index (κ3) is 7.14. The molecule has 0 aliphatic carbocycles. The number of hydrogen-bond donors (Lipinski definition) is 3. The normalized spacial score (nSPS) is 11.4. The van der Waals surface area contributed by atoms with Crippen molar-refractivity contribution >= 4 is 24.2 Å². The summed E-state index contributed by atoms with van der Waals surface area (Å²) in [6.07, 6.45) is 0. The maximum absolute atomic E-state index is 13.7. The van der Waals surface area contributed by atoms with Gasteiger partial charge in [-0.3, -0.25) is 9.59 Å². The Bertz CT molecular complexity index is 555. The fraction of sp³-hybridized carbons (Fsp3) is 0.500. The summed E-state index contributed by atoms with van der Waals surface area (Å²) in [5.41, 5.74) is 6.27. The maximum Gasteiger partial charge on any atom is 0.239 e. The molecule has 1 atom stereocenters. The highest BCUT2D eigenvalue weighted by molar-refractivity contribution is 5.87. The van der Waals surface area contributed by atoms with Crippen molar-refractivity contribution < 1.29 is 18.7 Å². The number of benzene rings is 1. The first-order valence-corrected chi connectivity index (χ1v) is 7.56. The number of halogens is 2. The van der Waals surface area contributed by atoms with Gasteiger partial charge in [-0.1, -0.05) is 19.9 Å². The standard InChI is InChI=1S/C16H24FN3O3.ClH/c1-4-23-13-6-5-11(7-12(13)17)8-19-14(21)9-20-16(22)15(18)10(2)3;/h5-7,10,15H,4,8-9,18H2,1-3H3,(H,19,21)(H,20,22);1H/t15-;/m0./s1. The van der Waals surface area contributed by atoms with Gasteiger partial charge in [0, 0.05) is 6.54 Å². The number of nitrogens with one attached hydrogen (secondary N) is 2. The smallest absolute Gasteiger partial charge is 0.239 e. The number of nitrogens with two attached hydrogens (primary N) is 1. The summed E-state index contributed by atoms with van der Waals surface area (Å²) >= 11 is 0. The van der Waals surface area contributed by atoms with Crippen LogP contribution in [-0.4, -0.2) is 31.0 Å². The lowest BCUT2D eigenvalue weighted by molar-refractivity contribution is -0.127. The Hall–Kier alpha value is -1.86. The van der Waals surface area contributed by atoms with Gasteiger partial charge in [-0.25, -0.2) is 4.39 Å². The Balaban J connectivity index is 0.00000529. The summed E-state index contributed by atoms with van der Waals surface area (Å²) in [5.74, 6) is -1.05. The maximum atomic E-state index is 13.7. The van der Waals surface area contributed by atoms with E-state index in [0.29, 0.717) is 12.2 Å². The molecule has 0 saturated heterocycles. The molecular formula is C16H25ClFN3O3. The molecule has 0 radical (unpaired) electrons. The summed E-state index contributed by atoms with van der Waals surface area (Å²) in [4.78, 5) is 23.3. The second-order valence-corrected chi connectivity index (χ2v) is 5.46. The van der Waals surface area contributed by atoms with E-state index in [9.17, 15) is 14.0 Å². The van der Waals surface area contributed by atoms with Crippen molar-refractivity contribution in [3.8, 4) is 5.75 Å². The second kappa shape index (κ2) is 10.8. The molecule has 0 aliphatic heterocycles. The Morgan fingerprint density at radius 2 is 1.96 bits per heavy atom. The van der Waals surface area contributed by atoms with E-state index < -0.39 is 11.9 Å². The van der Waals surface area contributed by atoms with E-state index in [4.69, 9.17) is 10.5 Å². The van der Waals surface area contributed by atoms with Crippen LogP contribution in [0.15, 0.2) is 18.2 Å². The monoisotopic (exact) mass is 361 g/mol. The Morgan fingerprint density at radius 3 is 2.50 bits per heavy atom. The van der Waals surface area contributed by atoms with Crippen LogP contribution in [0.4, 0.5) is 4.39 Å². The van der Waals surface area contributed by atoms with Gasteiger partial charge < -0.3 is 21.1 Å². The van der Waals surface area contributed by atoms with Crippen LogP contribution in [0, 0.1) is 11.7 Å². The molecule has 0 unspecified atom stereocenters. The van der Waals surface area contributed by atoms with Crippen LogP contribution in [-0.2, 0) is 16.1 Å². The lowest BCUT2D eigenvalue weighted by atomic mass is 10.1. The SMILES string of the molecule is CCOc1ccc(CNC(=O)CNC(=O)[C@@H](N)C(C)C)cc1F.Cl. The zero-order valence-corrected chi connectivity index (χ0v) is 14.9. The van der Waals surface area contributed by atoms with E-state index in [1.165, 1.54) is 12.1 Å². The van der Waals surface area contributed by atoms with Crippen LogP contribution in [0.1, 0.15) is 26.3 Å². The number of amides is 2. The number of rotatable bonds is 8. The van der Waals surface area contributed by atoms with Crippen molar-refractivity contribution in [1.29, 1.82) is 0 Å². The molecule has 136 valence electrons. The highest BCUT2D eigenvalue weighted by Crippen LogP contribution is 2.18. The molecular weight excluding hydrogens is 337 g/mol. The Morgan fingerprint density at radius 1 is 1.29 bits per heavy atom. The van der Waals surface area contributed by atoms with Gasteiger partial charge in [0.25, 0.3) is 0 Å². The van der Waals surface area contributed by atoms with Gasteiger partial charge in [0.2, 0.25) is 11.8 Å². The predicted molar refractivity (Wildman–Crippen MR) is 92.5 cm³/mol. The van der Waals surface area contributed by atoms with E-state index in [0.717, 1.165) is 0 Å². The van der Waals surface area contributed by atoms with Crippen molar-refractivity contribution in [2.24, 2.45) is 11.7 Å². The fourth-order valence-corrected chi connectivity index (χ4v) is 1.78. The molecule has 0 fully saturated rings. The first-order valence-electron chi connectivity index (χ1n) is 7.56. The van der Waals surface area contributed by atoms with Crippen LogP contribution >= 0.6 is 12.4 Å². The van der Waals surface area contributed by atoms with E-state index in [1.54, 1.807) is 13.0 Å². The highest BCUT2D eigenvalue weighted by atomic mass is 35.5. The summed E-state index contributed by atoms with van der Waals surface area (Å²) in [7, 11) is 0. The van der Waals surface area contributed by atoms with Crippen molar-refractivity contribution in [2.75, 3.05) is 13.2 Å².